The van der Waals surface area contributed by atoms with Gasteiger partial charge in [-0.1, -0.05) is 250 Å². The fourth-order valence-electron chi connectivity index (χ4n) is 17.1. The van der Waals surface area contributed by atoms with E-state index in [2.05, 4.69) is 287 Å². The quantitative estimate of drug-likeness (QED) is 0.133. The van der Waals surface area contributed by atoms with E-state index in [4.69, 9.17) is 0 Å². The van der Waals surface area contributed by atoms with Crippen LogP contribution in [0.3, 0.4) is 0 Å². The predicted octanol–water partition coefficient (Wildman–Crippen LogP) is 20.2. The van der Waals surface area contributed by atoms with Crippen LogP contribution in [0.25, 0.3) is 83.5 Å². The molecule has 9 unspecified atom stereocenters. The molecule has 0 nitrogen and oxygen atoms in total. The van der Waals surface area contributed by atoms with Gasteiger partial charge in [0.25, 0.3) is 0 Å². The highest BCUT2D eigenvalue weighted by atomic mass is 14.7. The molecule has 8 aliphatic carbocycles. The van der Waals surface area contributed by atoms with Crippen molar-refractivity contribution in [3.05, 3.63) is 318 Å². The lowest BCUT2D eigenvalue weighted by Crippen LogP contribution is -2.57. The van der Waals surface area contributed by atoms with Crippen molar-refractivity contribution in [1.82, 2.24) is 0 Å². The second-order valence-electron chi connectivity index (χ2n) is 24.9. The van der Waals surface area contributed by atoms with Gasteiger partial charge >= 0.3 is 0 Å². The van der Waals surface area contributed by atoms with E-state index in [0.29, 0.717) is 53.3 Å². The number of allylic oxidation sites excluding steroid dienone is 14. The van der Waals surface area contributed by atoms with Gasteiger partial charge in [0.05, 0.1) is 0 Å². The molecule has 386 valence electrons. The van der Waals surface area contributed by atoms with Gasteiger partial charge in [0.2, 0.25) is 0 Å². The van der Waals surface area contributed by atoms with Crippen molar-refractivity contribution in [3.63, 3.8) is 0 Å². The number of rotatable bonds is 8. The summed E-state index contributed by atoms with van der Waals surface area (Å²) in [7, 11) is 0. The van der Waals surface area contributed by atoms with Crippen molar-refractivity contribution in [3.8, 4) is 66.8 Å². The molecule has 0 aromatic heterocycles. The van der Waals surface area contributed by atoms with Gasteiger partial charge in [-0.2, -0.15) is 0 Å². The zero-order valence-electron chi connectivity index (χ0n) is 45.9. The van der Waals surface area contributed by atoms with Crippen molar-refractivity contribution in [2.24, 2.45) is 53.3 Å². The monoisotopic (exact) mass is 1030 g/mol. The highest BCUT2D eigenvalue weighted by Crippen LogP contribution is 2.70. The van der Waals surface area contributed by atoms with Gasteiger partial charge < -0.3 is 0 Å². The van der Waals surface area contributed by atoms with E-state index in [1.807, 2.05) is 0 Å². The zero-order chi connectivity index (χ0) is 53.5. The summed E-state index contributed by atoms with van der Waals surface area (Å²) in [6, 6.07) is 85.0. The van der Waals surface area contributed by atoms with E-state index in [1.165, 1.54) is 117 Å². The molecule has 9 aromatic carbocycles. The maximum absolute atomic E-state index is 2.73. The Bertz CT molecular complexity index is 4230. The maximum atomic E-state index is 2.73. The van der Waals surface area contributed by atoms with Crippen molar-refractivity contribution < 1.29 is 0 Å². The van der Waals surface area contributed by atoms with E-state index in [0.717, 1.165) is 6.42 Å². The first-order valence-electron chi connectivity index (χ1n) is 29.7. The summed E-state index contributed by atoms with van der Waals surface area (Å²) in [6.45, 7) is 4.76. The smallest absolute Gasteiger partial charge is 0.0159 e. The van der Waals surface area contributed by atoms with Gasteiger partial charge in [-0.05, 0) is 207 Å². The molecule has 0 saturated heterocycles. The Morgan fingerprint density at radius 2 is 0.877 bits per heavy atom. The number of hydrogen-bond acceptors (Lipinski definition) is 0. The molecule has 1 saturated carbocycles. The van der Waals surface area contributed by atoms with Crippen LogP contribution in [-0.4, -0.2) is 0 Å². The predicted molar refractivity (Wildman–Crippen MR) is 337 cm³/mol. The fraction of sp³-hybridized carbons (Fsp3) is 0.160. The third-order valence-electron chi connectivity index (χ3n) is 20.6. The summed E-state index contributed by atoms with van der Waals surface area (Å²) in [5.41, 5.74) is 31.1. The van der Waals surface area contributed by atoms with Gasteiger partial charge in [-0.3, -0.25) is 0 Å². The Hall–Kier alpha value is -8.84. The zero-order valence-corrected chi connectivity index (χ0v) is 45.9. The van der Waals surface area contributed by atoms with Gasteiger partial charge in [-0.15, -0.1) is 0 Å². The molecule has 0 bridgehead atoms. The summed E-state index contributed by atoms with van der Waals surface area (Å²) in [5, 5.41) is 0. The summed E-state index contributed by atoms with van der Waals surface area (Å²) in [4.78, 5) is 0. The summed E-state index contributed by atoms with van der Waals surface area (Å²) >= 11 is 0. The third-order valence-corrected chi connectivity index (χ3v) is 20.6. The Kier molecular flexibility index (Phi) is 10.5. The SMILES string of the molecule is CC1(C)c2ccccc2-c2ccc(-c3ccc(-c4cc(C5=CC6C=CC7=C8C6C6C5=CCC5C=CC9C(c%10ccccc%10)=CC(C(c%10ccccc%10)=C7)C8C9C56)cc(-c5cc(-c6ccccc6)cc(-c6ccccc6)c5)c4)cc3)cc21. The standard InChI is InChI=1S/C81H62/c1-81(2)73-26-16-15-25-65(73)66-36-35-56(47-74(66)81)51-27-29-52(30-28-51)61-42-63(62-40-59(49-17-7-3-8-18-49)39-60(41-62)50-19-9-4-10-20-50)44-64(43-61)70-46-58-32-31-57-45-69(53-21-11-5-12-22-53)72-48-71(54-23-13-6-14-24-54)68-38-34-55-33-37-67(70)78-75(55)79(68)80(72)77(57)76(58)78/h3-32,34-48,55,58,68,72,75-76,78-80H,33H2,1-2H3. The van der Waals surface area contributed by atoms with Crippen LogP contribution in [0, 0.1) is 53.3 Å². The first-order chi connectivity index (χ1) is 39.9. The summed E-state index contributed by atoms with van der Waals surface area (Å²) < 4.78 is 0. The molecule has 0 heterocycles. The molecule has 1 fully saturated rings. The van der Waals surface area contributed by atoms with Crippen LogP contribution in [-0.2, 0) is 5.41 Å². The number of benzene rings is 9. The van der Waals surface area contributed by atoms with Gasteiger partial charge in [-0.25, -0.2) is 0 Å². The molecule has 8 aliphatic rings. The highest BCUT2D eigenvalue weighted by Gasteiger charge is 2.62. The van der Waals surface area contributed by atoms with Crippen LogP contribution in [0.4, 0.5) is 0 Å². The van der Waals surface area contributed by atoms with E-state index >= 15 is 0 Å². The molecular formula is C81H62. The van der Waals surface area contributed by atoms with Crippen molar-refractivity contribution in [2.75, 3.05) is 0 Å². The molecular weight excluding hydrogens is 973 g/mol. The second kappa shape index (κ2) is 18.1. The first kappa shape index (κ1) is 47.0. The van der Waals surface area contributed by atoms with Crippen molar-refractivity contribution in [2.45, 2.75) is 25.7 Å². The number of fused-ring (bicyclic) bond motifs is 3. The molecule has 9 aromatic rings. The highest BCUT2D eigenvalue weighted by molar-refractivity contribution is 5.91. The van der Waals surface area contributed by atoms with E-state index in [-0.39, 0.29) is 5.41 Å². The molecule has 0 spiro atoms. The first-order valence-corrected chi connectivity index (χ1v) is 29.7. The maximum Gasteiger partial charge on any atom is 0.0159 e. The van der Waals surface area contributed by atoms with Crippen molar-refractivity contribution >= 4 is 16.7 Å². The Balaban J connectivity index is 0.835. The second-order valence-corrected chi connectivity index (χ2v) is 24.9. The molecule has 0 aliphatic heterocycles. The molecule has 0 N–H and O–H groups in total. The summed E-state index contributed by atoms with van der Waals surface area (Å²) in [6.07, 6.45) is 22.3. The molecule has 0 amide bonds. The lowest BCUT2D eigenvalue weighted by molar-refractivity contribution is 0.0229. The topological polar surface area (TPSA) is 0 Å². The third kappa shape index (κ3) is 7.28. The molecule has 17 rings (SSSR count). The van der Waals surface area contributed by atoms with Crippen LogP contribution in [0.5, 0.6) is 0 Å². The van der Waals surface area contributed by atoms with Gasteiger partial charge in [0, 0.05) is 23.2 Å². The molecule has 0 radical (unpaired) electrons. The lowest BCUT2D eigenvalue weighted by atomic mass is 9.40. The fourth-order valence-corrected chi connectivity index (χ4v) is 17.1. The molecule has 81 heavy (non-hydrogen) atoms. The Morgan fingerprint density at radius 1 is 0.358 bits per heavy atom. The minimum atomic E-state index is -0.0544. The van der Waals surface area contributed by atoms with Crippen LogP contribution in [0.1, 0.15) is 48.1 Å². The van der Waals surface area contributed by atoms with Gasteiger partial charge in [0.1, 0.15) is 0 Å². The van der Waals surface area contributed by atoms with Gasteiger partial charge in [0.15, 0.2) is 0 Å². The van der Waals surface area contributed by atoms with Crippen LogP contribution < -0.4 is 0 Å². The normalized spacial score (nSPS) is 25.2. The average Bonchev–Trinajstić information content (AvgIpc) is 3.93. The van der Waals surface area contributed by atoms with E-state index < -0.39 is 0 Å². The Morgan fingerprint density at radius 3 is 1.52 bits per heavy atom. The van der Waals surface area contributed by atoms with Crippen LogP contribution in [0.15, 0.2) is 290 Å². The minimum absolute atomic E-state index is 0.0544. The number of hydrogen-bond donors (Lipinski definition) is 0. The molecule has 9 atom stereocenters. The van der Waals surface area contributed by atoms with E-state index in [9.17, 15) is 0 Å². The summed E-state index contributed by atoms with van der Waals surface area (Å²) in [5.74, 6) is 3.87. The largest absolute Gasteiger partial charge is 0.0842 e. The Labute approximate surface area is 477 Å². The van der Waals surface area contributed by atoms with Crippen LogP contribution >= 0.6 is 0 Å². The van der Waals surface area contributed by atoms with E-state index in [1.54, 1.807) is 11.1 Å². The minimum Gasteiger partial charge on any atom is -0.0842 e. The van der Waals surface area contributed by atoms with Crippen LogP contribution in [0.2, 0.25) is 0 Å². The molecule has 0 heteroatoms. The lowest BCUT2D eigenvalue weighted by Gasteiger charge is -2.64. The van der Waals surface area contributed by atoms with Crippen molar-refractivity contribution in [1.29, 1.82) is 0 Å². The average molecular weight is 1040 g/mol.